The second kappa shape index (κ2) is 8.77. The van der Waals surface area contributed by atoms with E-state index in [-0.39, 0.29) is 6.71 Å². The van der Waals surface area contributed by atoms with Crippen LogP contribution in [0.4, 0.5) is 0 Å². The molecular formula is C44H28BN. The molecule has 0 fully saturated rings. The third kappa shape index (κ3) is 2.89. The highest BCUT2D eigenvalue weighted by Crippen LogP contribution is 2.49. The molecule has 1 aromatic heterocycles. The largest absolute Gasteiger partial charge is 0.310 e. The lowest BCUT2D eigenvalue weighted by atomic mass is 9.27. The number of hydrogen-bond acceptors (Lipinski definition) is 0. The van der Waals surface area contributed by atoms with Gasteiger partial charge in [0.2, 0.25) is 6.71 Å². The van der Waals surface area contributed by atoms with Crippen molar-refractivity contribution < 1.29 is 0 Å². The Morgan fingerprint density at radius 1 is 0.478 bits per heavy atom. The van der Waals surface area contributed by atoms with Gasteiger partial charge in [-0.25, -0.2) is 0 Å². The molecule has 0 atom stereocenters. The predicted molar refractivity (Wildman–Crippen MR) is 192 cm³/mol. The molecule has 0 radical (unpaired) electrons. The van der Waals surface area contributed by atoms with Crippen LogP contribution in [-0.2, 0) is 11.8 Å². The summed E-state index contributed by atoms with van der Waals surface area (Å²) >= 11 is 0. The molecule has 0 spiro atoms. The highest BCUT2D eigenvalue weighted by molar-refractivity contribution is 7.00. The van der Waals surface area contributed by atoms with E-state index in [0.717, 1.165) is 6.42 Å². The van der Waals surface area contributed by atoms with Crippen LogP contribution in [-0.4, -0.2) is 11.3 Å². The molecule has 11 rings (SSSR count). The van der Waals surface area contributed by atoms with Gasteiger partial charge in [-0.1, -0.05) is 145 Å². The van der Waals surface area contributed by atoms with E-state index in [4.69, 9.17) is 0 Å². The molecule has 0 bridgehead atoms. The van der Waals surface area contributed by atoms with Crippen molar-refractivity contribution in [2.75, 3.05) is 0 Å². The van der Waals surface area contributed by atoms with Crippen molar-refractivity contribution in [3.63, 3.8) is 0 Å². The zero-order chi connectivity index (χ0) is 30.0. The van der Waals surface area contributed by atoms with E-state index in [1.165, 1.54) is 88.4 Å². The van der Waals surface area contributed by atoms with Crippen LogP contribution in [0.25, 0.3) is 38.6 Å². The first-order chi connectivity index (χ1) is 22.8. The fourth-order valence-electron chi connectivity index (χ4n) is 9.47. The van der Waals surface area contributed by atoms with Crippen molar-refractivity contribution in [3.05, 3.63) is 191 Å². The summed E-state index contributed by atoms with van der Waals surface area (Å²) in [4.78, 5) is 0. The maximum absolute atomic E-state index is 2.60. The van der Waals surface area contributed by atoms with Crippen LogP contribution in [0.1, 0.15) is 33.4 Å². The summed E-state index contributed by atoms with van der Waals surface area (Å²) in [5, 5.41) is 2.68. The van der Waals surface area contributed by atoms with Crippen molar-refractivity contribution in [2.24, 2.45) is 0 Å². The van der Waals surface area contributed by atoms with Crippen LogP contribution < -0.4 is 16.4 Å². The normalized spacial score (nSPS) is 14.6. The van der Waals surface area contributed by atoms with E-state index in [1.807, 2.05) is 0 Å². The van der Waals surface area contributed by atoms with Gasteiger partial charge in [0.25, 0.3) is 0 Å². The Morgan fingerprint density at radius 2 is 1.13 bits per heavy atom. The average Bonchev–Trinajstić information content (AvgIpc) is 3.47. The third-order valence-electron chi connectivity index (χ3n) is 11.2. The van der Waals surface area contributed by atoms with Gasteiger partial charge in [0.05, 0.1) is 10.9 Å². The lowest BCUT2D eigenvalue weighted by Gasteiger charge is -2.48. The Hall–Kier alpha value is -5.60. The third-order valence-corrected chi connectivity index (χ3v) is 11.2. The van der Waals surface area contributed by atoms with Crippen molar-refractivity contribution in [3.8, 4) is 16.8 Å². The van der Waals surface area contributed by atoms with E-state index >= 15 is 0 Å². The van der Waals surface area contributed by atoms with E-state index in [9.17, 15) is 0 Å². The fraction of sp³-hybridized carbons (Fsp3) is 0.0455. The lowest BCUT2D eigenvalue weighted by molar-refractivity contribution is 0.748. The Balaban J connectivity index is 1.33. The minimum atomic E-state index is -0.429. The van der Waals surface area contributed by atoms with Crippen molar-refractivity contribution in [1.82, 2.24) is 4.57 Å². The lowest BCUT2D eigenvalue weighted by Crippen LogP contribution is -2.67. The first-order valence-electron chi connectivity index (χ1n) is 16.4. The smallest absolute Gasteiger partial charge is 0.248 e. The molecular weight excluding hydrogens is 553 g/mol. The zero-order valence-electron chi connectivity index (χ0n) is 25.2. The van der Waals surface area contributed by atoms with Crippen LogP contribution in [0.2, 0.25) is 0 Å². The van der Waals surface area contributed by atoms with Crippen molar-refractivity contribution >= 4 is 44.9 Å². The first-order valence-corrected chi connectivity index (χ1v) is 16.4. The van der Waals surface area contributed by atoms with Crippen LogP contribution in [0, 0.1) is 0 Å². The molecule has 3 aliphatic heterocycles. The van der Waals surface area contributed by atoms with Crippen LogP contribution in [0.5, 0.6) is 0 Å². The number of aromatic nitrogens is 1. The Morgan fingerprint density at radius 3 is 1.87 bits per heavy atom. The van der Waals surface area contributed by atoms with Crippen LogP contribution >= 0.6 is 0 Å². The summed E-state index contributed by atoms with van der Waals surface area (Å²) in [6.45, 7) is 0.204. The molecule has 0 amide bonds. The SMILES string of the molecule is c1ccc(-c2ccc3c(c2)c2ccc4c5c2n3-c2cccc3c2B5c2c(cccc2C3(c2ccccc2)c2ccccc2)C4)cc1. The molecule has 3 aliphatic rings. The maximum atomic E-state index is 2.60. The van der Waals surface area contributed by atoms with E-state index < -0.39 is 5.41 Å². The van der Waals surface area contributed by atoms with E-state index in [1.54, 1.807) is 0 Å². The second-order valence-electron chi connectivity index (χ2n) is 13.2. The van der Waals surface area contributed by atoms with Gasteiger partial charge in [-0.2, -0.15) is 0 Å². The molecule has 0 saturated carbocycles. The number of fused-ring (bicyclic) bond motifs is 4. The van der Waals surface area contributed by atoms with Crippen molar-refractivity contribution in [1.29, 1.82) is 0 Å². The highest BCUT2D eigenvalue weighted by Gasteiger charge is 2.52. The van der Waals surface area contributed by atoms with Gasteiger partial charge in [-0.05, 0) is 80.1 Å². The van der Waals surface area contributed by atoms with Gasteiger partial charge in [-0.3, -0.25) is 0 Å². The Labute approximate surface area is 268 Å². The number of rotatable bonds is 3. The van der Waals surface area contributed by atoms with E-state index in [0.29, 0.717) is 0 Å². The van der Waals surface area contributed by atoms with Crippen LogP contribution in [0.15, 0.2) is 158 Å². The molecule has 7 aromatic carbocycles. The fourth-order valence-corrected chi connectivity index (χ4v) is 9.47. The number of nitrogens with zero attached hydrogens (tertiary/aromatic N) is 1. The molecule has 1 nitrogen and oxygen atoms in total. The summed E-state index contributed by atoms with van der Waals surface area (Å²) in [7, 11) is 0. The van der Waals surface area contributed by atoms with Gasteiger partial charge in [0.15, 0.2) is 0 Å². The number of hydrogen-bond donors (Lipinski definition) is 0. The summed E-state index contributed by atoms with van der Waals surface area (Å²) < 4.78 is 2.60. The molecule has 0 N–H and O–H groups in total. The standard InChI is InChI=1S/C44H28BN/c1-4-12-28(13-5-1)29-23-25-38-35(27-29)34-24-22-31-26-30-14-10-19-36-40(30)45-41(31)43(34)46(38)39-21-11-20-37(42(39)45)44(36,32-15-6-2-7-16-32)33-17-8-3-9-18-33/h1-25,27H,26H2. The number of benzene rings is 7. The molecule has 8 aromatic rings. The van der Waals surface area contributed by atoms with Gasteiger partial charge in [-0.15, -0.1) is 0 Å². The maximum Gasteiger partial charge on any atom is 0.248 e. The summed E-state index contributed by atoms with van der Waals surface area (Å²) in [5.41, 5.74) is 18.9. The van der Waals surface area contributed by atoms with E-state index in [2.05, 4.69) is 162 Å². The van der Waals surface area contributed by atoms with Gasteiger partial charge in [0, 0.05) is 22.0 Å². The Bertz CT molecular complexity index is 2500. The Kier molecular flexibility index (Phi) is 4.71. The predicted octanol–water partition coefficient (Wildman–Crippen LogP) is 7.88. The summed E-state index contributed by atoms with van der Waals surface area (Å²) in [6, 6.07) is 59.4. The average molecular weight is 582 g/mol. The summed E-state index contributed by atoms with van der Waals surface area (Å²) in [5.74, 6) is 0. The molecule has 0 unspecified atom stereocenters. The van der Waals surface area contributed by atoms with Crippen LogP contribution in [0.3, 0.4) is 0 Å². The minimum absolute atomic E-state index is 0.204. The molecule has 2 heteroatoms. The molecule has 46 heavy (non-hydrogen) atoms. The zero-order valence-corrected chi connectivity index (χ0v) is 25.2. The van der Waals surface area contributed by atoms with Gasteiger partial charge in [0.1, 0.15) is 0 Å². The quantitative estimate of drug-likeness (QED) is 0.187. The second-order valence-corrected chi connectivity index (χ2v) is 13.2. The molecule has 0 saturated heterocycles. The molecule has 212 valence electrons. The highest BCUT2D eigenvalue weighted by atomic mass is 15.0. The topological polar surface area (TPSA) is 4.93 Å². The monoisotopic (exact) mass is 581 g/mol. The molecule has 4 heterocycles. The van der Waals surface area contributed by atoms with Crippen molar-refractivity contribution in [2.45, 2.75) is 11.8 Å². The van der Waals surface area contributed by atoms with Gasteiger partial charge < -0.3 is 4.57 Å². The summed E-state index contributed by atoms with van der Waals surface area (Å²) in [6.07, 6.45) is 0.957. The minimum Gasteiger partial charge on any atom is -0.310 e. The molecule has 0 aliphatic carbocycles. The van der Waals surface area contributed by atoms with Gasteiger partial charge >= 0.3 is 0 Å². The first kappa shape index (κ1) is 24.7.